The second-order valence-corrected chi connectivity index (χ2v) is 7.59. The molecule has 1 rings (SSSR count). The zero-order valence-corrected chi connectivity index (χ0v) is 13.3. The highest BCUT2D eigenvalue weighted by atomic mass is 79.9. The molecular formula is C11H23BrN2O2S. The van der Waals surface area contributed by atoms with Crippen molar-refractivity contribution in [2.24, 2.45) is 0 Å². The zero-order chi connectivity index (χ0) is 13.1. The molecule has 0 aromatic rings. The van der Waals surface area contributed by atoms with Crippen LogP contribution in [0.1, 0.15) is 39.5 Å². The first kappa shape index (κ1) is 15.4. The van der Waals surface area contributed by atoms with E-state index in [9.17, 15) is 8.42 Å². The second-order valence-electron chi connectivity index (χ2n) is 4.86. The molecular weight excluding hydrogens is 304 g/mol. The summed E-state index contributed by atoms with van der Waals surface area (Å²) in [5, 5.41) is 0.689. The minimum atomic E-state index is -3.31. The SMILES string of the molecule is CC(C)N(C)S(=O)(=O)N(CCBr)C1CCCC1. The Morgan fingerprint density at radius 3 is 2.24 bits per heavy atom. The van der Waals surface area contributed by atoms with Crippen LogP contribution in [-0.4, -0.2) is 48.0 Å². The minimum Gasteiger partial charge on any atom is -0.195 e. The summed E-state index contributed by atoms with van der Waals surface area (Å²) >= 11 is 3.35. The fraction of sp³-hybridized carbons (Fsp3) is 1.00. The van der Waals surface area contributed by atoms with E-state index in [4.69, 9.17) is 0 Å². The normalized spacial score (nSPS) is 18.8. The Morgan fingerprint density at radius 1 is 1.29 bits per heavy atom. The van der Waals surface area contributed by atoms with Crippen LogP contribution >= 0.6 is 15.9 Å². The van der Waals surface area contributed by atoms with Gasteiger partial charge in [-0.2, -0.15) is 17.0 Å². The summed E-state index contributed by atoms with van der Waals surface area (Å²) < 4.78 is 28.1. The van der Waals surface area contributed by atoms with Crippen molar-refractivity contribution >= 4 is 26.1 Å². The monoisotopic (exact) mass is 326 g/mol. The van der Waals surface area contributed by atoms with Gasteiger partial charge in [0.25, 0.3) is 10.2 Å². The summed E-state index contributed by atoms with van der Waals surface area (Å²) in [6.45, 7) is 4.36. The van der Waals surface area contributed by atoms with Gasteiger partial charge in [-0.15, -0.1) is 0 Å². The molecule has 0 bridgehead atoms. The van der Waals surface area contributed by atoms with E-state index in [1.807, 2.05) is 13.8 Å². The first-order chi connectivity index (χ1) is 7.91. The molecule has 4 nitrogen and oxygen atoms in total. The molecule has 1 aliphatic rings. The highest BCUT2D eigenvalue weighted by Crippen LogP contribution is 2.27. The number of rotatable bonds is 6. The molecule has 6 heteroatoms. The van der Waals surface area contributed by atoms with E-state index >= 15 is 0 Å². The van der Waals surface area contributed by atoms with E-state index in [1.165, 1.54) is 4.31 Å². The highest BCUT2D eigenvalue weighted by Gasteiger charge is 2.34. The second kappa shape index (κ2) is 6.50. The van der Waals surface area contributed by atoms with Crippen LogP contribution in [0.15, 0.2) is 0 Å². The van der Waals surface area contributed by atoms with Crippen molar-refractivity contribution in [2.75, 3.05) is 18.9 Å². The van der Waals surface area contributed by atoms with Crippen LogP contribution in [0, 0.1) is 0 Å². The van der Waals surface area contributed by atoms with Crippen molar-refractivity contribution in [3.63, 3.8) is 0 Å². The Labute approximate surface area is 114 Å². The van der Waals surface area contributed by atoms with E-state index in [0.717, 1.165) is 25.7 Å². The first-order valence-corrected chi connectivity index (χ1v) is 8.74. The number of nitrogens with zero attached hydrogens (tertiary/aromatic N) is 2. The van der Waals surface area contributed by atoms with Gasteiger partial charge in [-0.05, 0) is 26.7 Å². The third kappa shape index (κ3) is 3.66. The van der Waals surface area contributed by atoms with Gasteiger partial charge in [-0.25, -0.2) is 0 Å². The van der Waals surface area contributed by atoms with Crippen LogP contribution < -0.4 is 0 Å². The van der Waals surface area contributed by atoms with E-state index < -0.39 is 10.2 Å². The molecule has 0 aromatic heterocycles. The van der Waals surface area contributed by atoms with Crippen molar-refractivity contribution in [3.05, 3.63) is 0 Å². The number of alkyl halides is 1. The quantitative estimate of drug-likeness (QED) is 0.702. The summed E-state index contributed by atoms with van der Waals surface area (Å²) in [6.07, 6.45) is 4.28. The Bertz CT molecular complexity index is 326. The van der Waals surface area contributed by atoms with Crippen LogP contribution in [0.5, 0.6) is 0 Å². The Balaban J connectivity index is 2.88. The van der Waals surface area contributed by atoms with Gasteiger partial charge in [0, 0.05) is 31.0 Å². The van der Waals surface area contributed by atoms with Crippen molar-refractivity contribution in [1.29, 1.82) is 0 Å². The number of hydrogen-bond donors (Lipinski definition) is 0. The number of hydrogen-bond acceptors (Lipinski definition) is 2. The predicted molar refractivity (Wildman–Crippen MR) is 74.6 cm³/mol. The van der Waals surface area contributed by atoms with Crippen molar-refractivity contribution in [1.82, 2.24) is 8.61 Å². The Morgan fingerprint density at radius 2 is 1.82 bits per heavy atom. The third-order valence-corrected chi connectivity index (χ3v) is 6.00. The van der Waals surface area contributed by atoms with Gasteiger partial charge in [0.1, 0.15) is 0 Å². The van der Waals surface area contributed by atoms with Gasteiger partial charge < -0.3 is 0 Å². The maximum Gasteiger partial charge on any atom is 0.282 e. The topological polar surface area (TPSA) is 40.6 Å². The average Bonchev–Trinajstić information content (AvgIpc) is 2.77. The predicted octanol–water partition coefficient (Wildman–Crippen LogP) is 2.21. The van der Waals surface area contributed by atoms with Crippen molar-refractivity contribution in [3.8, 4) is 0 Å². The third-order valence-electron chi connectivity index (χ3n) is 3.42. The lowest BCUT2D eigenvalue weighted by atomic mass is 10.2. The summed E-state index contributed by atoms with van der Waals surface area (Å²) in [5.41, 5.74) is 0. The van der Waals surface area contributed by atoms with Gasteiger partial charge in [-0.3, -0.25) is 0 Å². The largest absolute Gasteiger partial charge is 0.282 e. The van der Waals surface area contributed by atoms with Gasteiger partial charge in [-0.1, -0.05) is 28.8 Å². The van der Waals surface area contributed by atoms with Gasteiger partial charge >= 0.3 is 0 Å². The van der Waals surface area contributed by atoms with E-state index in [-0.39, 0.29) is 12.1 Å². The molecule has 0 unspecified atom stereocenters. The van der Waals surface area contributed by atoms with Crippen molar-refractivity contribution in [2.45, 2.75) is 51.6 Å². The van der Waals surface area contributed by atoms with Crippen LogP contribution in [0.25, 0.3) is 0 Å². The highest BCUT2D eigenvalue weighted by molar-refractivity contribution is 9.09. The molecule has 0 amide bonds. The van der Waals surface area contributed by atoms with E-state index in [1.54, 1.807) is 11.4 Å². The molecule has 0 saturated heterocycles. The van der Waals surface area contributed by atoms with Crippen LogP contribution in [0.2, 0.25) is 0 Å². The van der Waals surface area contributed by atoms with E-state index in [2.05, 4.69) is 15.9 Å². The van der Waals surface area contributed by atoms with Crippen molar-refractivity contribution < 1.29 is 8.42 Å². The van der Waals surface area contributed by atoms with Gasteiger partial charge in [0.05, 0.1) is 0 Å². The lowest BCUT2D eigenvalue weighted by Gasteiger charge is -2.33. The molecule has 17 heavy (non-hydrogen) atoms. The maximum atomic E-state index is 12.5. The molecule has 1 fully saturated rings. The lowest BCUT2D eigenvalue weighted by molar-refractivity contribution is 0.293. The summed E-state index contributed by atoms with van der Waals surface area (Å²) in [7, 11) is -1.65. The average molecular weight is 327 g/mol. The summed E-state index contributed by atoms with van der Waals surface area (Å²) in [6, 6.07) is 0.193. The van der Waals surface area contributed by atoms with Gasteiger partial charge in [0.15, 0.2) is 0 Å². The Hall–Kier alpha value is 0.350. The molecule has 0 aliphatic heterocycles. The summed E-state index contributed by atoms with van der Waals surface area (Å²) in [5.74, 6) is 0. The maximum absolute atomic E-state index is 12.5. The lowest BCUT2D eigenvalue weighted by Crippen LogP contribution is -2.49. The molecule has 0 aromatic carbocycles. The molecule has 102 valence electrons. The molecule has 1 saturated carbocycles. The molecule has 0 spiro atoms. The molecule has 0 N–H and O–H groups in total. The zero-order valence-electron chi connectivity index (χ0n) is 10.9. The molecule has 0 heterocycles. The smallest absolute Gasteiger partial charge is 0.195 e. The van der Waals surface area contributed by atoms with E-state index in [0.29, 0.717) is 11.9 Å². The number of halogens is 1. The van der Waals surface area contributed by atoms with Crippen LogP contribution in [0.3, 0.4) is 0 Å². The molecule has 1 aliphatic carbocycles. The minimum absolute atomic E-state index is 0.000714. The summed E-state index contributed by atoms with van der Waals surface area (Å²) in [4.78, 5) is 0. The van der Waals surface area contributed by atoms with Gasteiger partial charge in [0.2, 0.25) is 0 Å². The molecule has 0 atom stereocenters. The fourth-order valence-electron chi connectivity index (χ4n) is 2.19. The Kier molecular flexibility index (Phi) is 5.89. The fourth-order valence-corrected chi connectivity index (χ4v) is 4.58. The van der Waals surface area contributed by atoms with Crippen LogP contribution in [-0.2, 0) is 10.2 Å². The molecule has 0 radical (unpaired) electrons. The van der Waals surface area contributed by atoms with Crippen LogP contribution in [0.4, 0.5) is 0 Å². The first-order valence-electron chi connectivity index (χ1n) is 6.22. The standard InChI is InChI=1S/C11H23BrN2O2S/c1-10(2)13(3)17(15,16)14(9-8-12)11-6-4-5-7-11/h10-11H,4-9H2,1-3H3.